The molecule has 10 nitrogen and oxygen atoms in total. The molecule has 3 aromatic heterocycles. The second kappa shape index (κ2) is 9.54. The lowest BCUT2D eigenvalue weighted by atomic mass is 10.2. The van der Waals surface area contributed by atoms with Gasteiger partial charge < -0.3 is 14.8 Å². The van der Waals surface area contributed by atoms with Gasteiger partial charge in [0, 0.05) is 12.7 Å². The lowest BCUT2D eigenvalue weighted by Crippen LogP contribution is -2.27. The summed E-state index contributed by atoms with van der Waals surface area (Å²) in [6.07, 6.45) is 4.30. The summed E-state index contributed by atoms with van der Waals surface area (Å²) in [5.74, 6) is 0.439. The summed E-state index contributed by atoms with van der Waals surface area (Å²) in [4.78, 5) is 26.0. The molecule has 3 rings (SSSR count). The minimum absolute atomic E-state index is 0.256. The Hall–Kier alpha value is -2.83. The van der Waals surface area contributed by atoms with Crippen molar-refractivity contribution in [1.29, 1.82) is 0 Å². The fraction of sp³-hybridized carbons (Fsp3) is 0.368. The van der Waals surface area contributed by atoms with Crippen LogP contribution in [-0.4, -0.2) is 55.4 Å². The van der Waals surface area contributed by atoms with Gasteiger partial charge in [0.1, 0.15) is 27.5 Å². The third-order valence-electron chi connectivity index (χ3n) is 4.35. The highest BCUT2D eigenvalue weighted by atomic mass is 32.2. The molecular formula is C19H23N5O5S2. The molecule has 0 aliphatic heterocycles. The first-order chi connectivity index (χ1) is 14.7. The van der Waals surface area contributed by atoms with Crippen LogP contribution >= 0.6 is 11.3 Å². The molecule has 0 fully saturated rings. The van der Waals surface area contributed by atoms with Gasteiger partial charge >= 0.3 is 5.97 Å². The summed E-state index contributed by atoms with van der Waals surface area (Å²) in [6.45, 7) is 3.90. The Morgan fingerprint density at radius 3 is 2.77 bits per heavy atom. The normalized spacial score (nSPS) is 12.5. The van der Waals surface area contributed by atoms with Crippen LogP contribution in [0.1, 0.15) is 28.6 Å². The average Bonchev–Trinajstić information content (AvgIpc) is 3.05. The van der Waals surface area contributed by atoms with Crippen LogP contribution in [0.2, 0.25) is 0 Å². The van der Waals surface area contributed by atoms with E-state index in [1.807, 2.05) is 13.8 Å². The Balaban J connectivity index is 1.83. The summed E-state index contributed by atoms with van der Waals surface area (Å²) >= 11 is 1.24. The number of anilines is 2. The van der Waals surface area contributed by atoms with Gasteiger partial charge in [0.25, 0.3) is 0 Å². The molecule has 0 spiro atoms. The molecule has 0 aromatic carbocycles. The number of aromatic nitrogens is 3. The highest BCUT2D eigenvalue weighted by Gasteiger charge is 2.20. The topological polar surface area (TPSA) is 132 Å². The van der Waals surface area contributed by atoms with Crippen molar-refractivity contribution >= 4 is 49.1 Å². The molecule has 1 atom stereocenters. The van der Waals surface area contributed by atoms with Crippen LogP contribution in [0.15, 0.2) is 24.7 Å². The molecule has 0 bridgehead atoms. The quantitative estimate of drug-likeness (QED) is 0.458. The van der Waals surface area contributed by atoms with Crippen molar-refractivity contribution in [2.45, 2.75) is 26.4 Å². The van der Waals surface area contributed by atoms with Crippen LogP contribution in [0.25, 0.3) is 10.2 Å². The van der Waals surface area contributed by atoms with E-state index in [2.05, 4.69) is 25.0 Å². The molecule has 3 heterocycles. The van der Waals surface area contributed by atoms with E-state index in [9.17, 15) is 13.2 Å². The first-order valence-corrected chi connectivity index (χ1v) is 12.1. The van der Waals surface area contributed by atoms with E-state index in [1.54, 1.807) is 18.3 Å². The third kappa shape index (κ3) is 5.66. The second-order valence-corrected chi connectivity index (χ2v) is 9.65. The van der Waals surface area contributed by atoms with Crippen LogP contribution in [0, 0.1) is 6.92 Å². The molecular weight excluding hydrogens is 442 g/mol. The maximum absolute atomic E-state index is 12.0. The first kappa shape index (κ1) is 22.8. The largest absolute Gasteiger partial charge is 0.473 e. The average molecular weight is 466 g/mol. The van der Waals surface area contributed by atoms with E-state index in [-0.39, 0.29) is 12.6 Å². The number of hydrogen-bond acceptors (Lipinski definition) is 10. The highest BCUT2D eigenvalue weighted by Crippen LogP contribution is 2.36. The molecule has 0 aliphatic carbocycles. The number of sulfonamides is 1. The standard InChI is InChI=1S/C19H23N5O5S2/c1-11(7-9-23-31(4,26)27)29-17-13(6-5-8-20-17)24-16-14-12(2)15(19(25)28-3)30-18(14)22-10-21-16/h5-6,8,10-11,23H,7,9H2,1-4H3,(H,21,22,24). The van der Waals surface area contributed by atoms with Gasteiger partial charge in [-0.3, -0.25) is 0 Å². The molecule has 0 aliphatic rings. The predicted octanol–water partition coefficient (Wildman–Crippen LogP) is 2.63. The Morgan fingerprint density at radius 2 is 2.06 bits per heavy atom. The molecule has 2 N–H and O–H groups in total. The van der Waals surface area contributed by atoms with Crippen molar-refractivity contribution in [2.75, 3.05) is 25.2 Å². The number of carbonyl (C=O) groups excluding carboxylic acids is 1. The monoisotopic (exact) mass is 465 g/mol. The maximum atomic E-state index is 12.0. The second-order valence-electron chi connectivity index (χ2n) is 6.81. The number of nitrogens with one attached hydrogen (secondary N) is 2. The Kier molecular flexibility index (Phi) is 7.03. The number of thiophene rings is 1. The van der Waals surface area contributed by atoms with E-state index >= 15 is 0 Å². The van der Waals surface area contributed by atoms with Crippen LogP contribution < -0.4 is 14.8 Å². The number of esters is 1. The van der Waals surface area contributed by atoms with Crippen molar-refractivity contribution in [3.05, 3.63) is 35.1 Å². The van der Waals surface area contributed by atoms with Crippen molar-refractivity contribution in [2.24, 2.45) is 0 Å². The predicted molar refractivity (Wildman–Crippen MR) is 119 cm³/mol. The summed E-state index contributed by atoms with van der Waals surface area (Å²) in [5, 5.41) is 3.93. The van der Waals surface area contributed by atoms with Gasteiger partial charge in [0.2, 0.25) is 15.9 Å². The first-order valence-electron chi connectivity index (χ1n) is 9.35. The molecule has 0 amide bonds. The van der Waals surface area contributed by atoms with E-state index in [1.165, 1.54) is 24.8 Å². The zero-order valence-electron chi connectivity index (χ0n) is 17.5. The van der Waals surface area contributed by atoms with Crippen molar-refractivity contribution in [3.63, 3.8) is 0 Å². The number of ether oxygens (including phenoxy) is 2. The number of fused-ring (bicyclic) bond motifs is 1. The van der Waals surface area contributed by atoms with E-state index in [4.69, 9.17) is 9.47 Å². The SMILES string of the molecule is COC(=O)c1sc2ncnc(Nc3cccnc3OC(C)CCNS(C)(=O)=O)c2c1C. The summed E-state index contributed by atoms with van der Waals surface area (Å²) in [5.41, 5.74) is 1.30. The van der Waals surface area contributed by atoms with Crippen molar-refractivity contribution in [1.82, 2.24) is 19.7 Å². The zero-order chi connectivity index (χ0) is 22.6. The van der Waals surface area contributed by atoms with Gasteiger partial charge in [-0.2, -0.15) is 0 Å². The number of hydrogen-bond donors (Lipinski definition) is 2. The zero-order valence-corrected chi connectivity index (χ0v) is 19.1. The molecule has 166 valence electrons. The minimum atomic E-state index is -3.25. The van der Waals surface area contributed by atoms with Crippen LogP contribution in [0.4, 0.5) is 11.5 Å². The number of aryl methyl sites for hydroxylation is 1. The van der Waals surface area contributed by atoms with E-state index in [0.717, 1.165) is 11.8 Å². The number of nitrogens with zero attached hydrogens (tertiary/aromatic N) is 3. The van der Waals surface area contributed by atoms with Gasteiger partial charge in [-0.05, 0) is 38.0 Å². The molecule has 0 saturated heterocycles. The summed E-state index contributed by atoms with van der Waals surface area (Å²) in [7, 11) is -1.92. The Bertz CT molecular complexity index is 1200. The number of methoxy groups -OCH3 is 1. The molecule has 12 heteroatoms. The van der Waals surface area contributed by atoms with Crippen LogP contribution in [0.3, 0.4) is 0 Å². The van der Waals surface area contributed by atoms with Gasteiger partial charge in [-0.15, -0.1) is 11.3 Å². The van der Waals surface area contributed by atoms with E-state index < -0.39 is 16.0 Å². The molecule has 31 heavy (non-hydrogen) atoms. The minimum Gasteiger partial charge on any atom is -0.473 e. The molecule has 3 aromatic rings. The highest BCUT2D eigenvalue weighted by molar-refractivity contribution is 7.88. The van der Waals surface area contributed by atoms with E-state index in [0.29, 0.717) is 38.9 Å². The van der Waals surface area contributed by atoms with Gasteiger partial charge in [0.15, 0.2) is 0 Å². The summed E-state index contributed by atoms with van der Waals surface area (Å²) < 4.78 is 35.6. The Labute approximate surface area is 184 Å². The lowest BCUT2D eigenvalue weighted by Gasteiger charge is -2.17. The third-order valence-corrected chi connectivity index (χ3v) is 6.26. The smallest absolute Gasteiger partial charge is 0.348 e. The lowest BCUT2D eigenvalue weighted by molar-refractivity contribution is 0.0605. The van der Waals surface area contributed by atoms with Crippen LogP contribution in [-0.2, 0) is 14.8 Å². The fourth-order valence-corrected chi connectivity index (χ4v) is 4.41. The van der Waals surface area contributed by atoms with Gasteiger partial charge in [0.05, 0.1) is 24.9 Å². The van der Waals surface area contributed by atoms with Crippen molar-refractivity contribution in [3.8, 4) is 5.88 Å². The van der Waals surface area contributed by atoms with Crippen molar-refractivity contribution < 1.29 is 22.7 Å². The molecule has 0 saturated carbocycles. The fourth-order valence-electron chi connectivity index (χ4n) is 2.86. The number of pyridine rings is 1. The molecule has 1 unspecified atom stereocenters. The molecule has 0 radical (unpaired) electrons. The number of rotatable bonds is 9. The van der Waals surface area contributed by atoms with Gasteiger partial charge in [-0.25, -0.2) is 32.9 Å². The summed E-state index contributed by atoms with van der Waals surface area (Å²) in [6, 6.07) is 3.55. The van der Waals surface area contributed by atoms with Crippen LogP contribution in [0.5, 0.6) is 5.88 Å². The maximum Gasteiger partial charge on any atom is 0.348 e. The Morgan fingerprint density at radius 1 is 1.29 bits per heavy atom. The number of carbonyl (C=O) groups is 1. The van der Waals surface area contributed by atoms with Gasteiger partial charge in [-0.1, -0.05) is 0 Å².